The van der Waals surface area contributed by atoms with Gasteiger partial charge in [0.25, 0.3) is 0 Å². The third kappa shape index (κ3) is 3.46. The molecule has 0 radical (unpaired) electrons. The maximum atomic E-state index is 4.32. The van der Waals surface area contributed by atoms with Crippen LogP contribution in [0.3, 0.4) is 0 Å². The van der Waals surface area contributed by atoms with E-state index in [1.54, 1.807) is 16.4 Å². The third-order valence-corrected chi connectivity index (χ3v) is 3.96. The molecule has 0 saturated carbocycles. The van der Waals surface area contributed by atoms with Gasteiger partial charge >= 0.3 is 0 Å². The molecule has 21 heavy (non-hydrogen) atoms. The number of rotatable bonds is 5. The Morgan fingerprint density at radius 3 is 2.71 bits per heavy atom. The lowest BCUT2D eigenvalue weighted by Crippen LogP contribution is -2.00. The van der Waals surface area contributed by atoms with Crippen LogP contribution in [0.4, 0.5) is 0 Å². The molecule has 0 unspecified atom stereocenters. The van der Waals surface area contributed by atoms with Gasteiger partial charge in [0.1, 0.15) is 0 Å². The van der Waals surface area contributed by atoms with Gasteiger partial charge in [-0.05, 0) is 48.0 Å². The number of aromatic nitrogens is 5. The molecule has 2 aromatic heterocycles. The second-order valence-corrected chi connectivity index (χ2v) is 5.69. The van der Waals surface area contributed by atoms with Crippen molar-refractivity contribution in [1.82, 2.24) is 25.2 Å². The van der Waals surface area contributed by atoms with Crippen molar-refractivity contribution in [3.8, 4) is 5.69 Å². The molecule has 0 spiro atoms. The summed E-state index contributed by atoms with van der Waals surface area (Å²) in [6.45, 7) is 2.06. The number of nitrogens with zero attached hydrogens (tertiary/aromatic N) is 5. The highest BCUT2D eigenvalue weighted by atomic mass is 32.2. The van der Waals surface area contributed by atoms with Crippen LogP contribution in [-0.4, -0.2) is 30.9 Å². The molecule has 3 rings (SSSR count). The predicted octanol–water partition coefficient (Wildman–Crippen LogP) is 2.70. The largest absolute Gasteiger partial charge is 0.261 e. The molecule has 0 bridgehead atoms. The normalized spacial score (nSPS) is 10.7. The fourth-order valence-electron chi connectivity index (χ4n) is 1.91. The van der Waals surface area contributed by atoms with Gasteiger partial charge < -0.3 is 0 Å². The zero-order valence-electron chi connectivity index (χ0n) is 11.7. The molecule has 0 aliphatic heterocycles. The average Bonchev–Trinajstić information content (AvgIpc) is 2.98. The lowest BCUT2D eigenvalue weighted by molar-refractivity contribution is 0.756. The molecule has 106 valence electrons. The molecule has 0 fully saturated rings. The van der Waals surface area contributed by atoms with Crippen LogP contribution in [0.1, 0.15) is 11.3 Å². The monoisotopic (exact) mass is 297 g/mol. The van der Waals surface area contributed by atoms with Crippen LogP contribution < -0.4 is 0 Å². The lowest BCUT2D eigenvalue weighted by Gasteiger charge is -2.04. The van der Waals surface area contributed by atoms with E-state index >= 15 is 0 Å². The number of thioether (sulfide) groups is 1. The number of aryl methyl sites for hydroxylation is 2. The zero-order valence-corrected chi connectivity index (χ0v) is 12.5. The fourth-order valence-corrected chi connectivity index (χ4v) is 2.76. The maximum Gasteiger partial charge on any atom is 0.214 e. The van der Waals surface area contributed by atoms with Gasteiger partial charge in [-0.3, -0.25) is 4.98 Å². The van der Waals surface area contributed by atoms with Gasteiger partial charge in [0.15, 0.2) is 0 Å². The van der Waals surface area contributed by atoms with Crippen molar-refractivity contribution >= 4 is 11.8 Å². The van der Waals surface area contributed by atoms with Gasteiger partial charge in [0.2, 0.25) is 5.16 Å². The van der Waals surface area contributed by atoms with Crippen molar-refractivity contribution in [2.75, 3.05) is 5.75 Å². The molecular formula is C15H15N5S. The van der Waals surface area contributed by atoms with Crippen molar-refractivity contribution < 1.29 is 0 Å². The van der Waals surface area contributed by atoms with E-state index in [9.17, 15) is 0 Å². The summed E-state index contributed by atoms with van der Waals surface area (Å²) in [7, 11) is 0. The van der Waals surface area contributed by atoms with Crippen molar-refractivity contribution in [1.29, 1.82) is 0 Å². The Kier molecular flexibility index (Phi) is 4.25. The smallest absolute Gasteiger partial charge is 0.214 e. The van der Waals surface area contributed by atoms with Crippen LogP contribution in [0.25, 0.3) is 5.69 Å². The van der Waals surface area contributed by atoms with Crippen molar-refractivity contribution in [3.05, 3.63) is 59.9 Å². The third-order valence-electron chi connectivity index (χ3n) is 3.03. The molecule has 2 heterocycles. The van der Waals surface area contributed by atoms with Crippen LogP contribution in [0.15, 0.2) is 53.8 Å². The number of benzene rings is 1. The van der Waals surface area contributed by atoms with E-state index in [4.69, 9.17) is 0 Å². The van der Waals surface area contributed by atoms with Gasteiger partial charge in [-0.25, -0.2) is 0 Å². The standard InChI is InChI=1S/C15H15N5S/c1-12-5-7-14(8-6-12)20-15(17-18-19-20)21-11-9-13-4-2-3-10-16-13/h2-8,10H,9,11H2,1H3. The first-order chi connectivity index (χ1) is 10.3. The van der Waals surface area contributed by atoms with Crippen molar-refractivity contribution in [2.45, 2.75) is 18.5 Å². The summed E-state index contributed by atoms with van der Waals surface area (Å²) in [4.78, 5) is 4.32. The van der Waals surface area contributed by atoms with Gasteiger partial charge in [-0.15, -0.1) is 5.10 Å². The van der Waals surface area contributed by atoms with Crippen LogP contribution >= 0.6 is 11.8 Å². The minimum Gasteiger partial charge on any atom is -0.261 e. The predicted molar refractivity (Wildman–Crippen MR) is 82.6 cm³/mol. The highest BCUT2D eigenvalue weighted by Gasteiger charge is 2.08. The first-order valence-electron chi connectivity index (χ1n) is 6.71. The van der Waals surface area contributed by atoms with Crippen LogP contribution in [0, 0.1) is 6.92 Å². The molecule has 1 aromatic carbocycles. The molecule has 0 saturated heterocycles. The molecule has 3 aromatic rings. The molecule has 5 nitrogen and oxygen atoms in total. The molecule has 0 aliphatic rings. The number of hydrogen-bond donors (Lipinski definition) is 0. The second kappa shape index (κ2) is 6.49. The SMILES string of the molecule is Cc1ccc(-n2nnnc2SCCc2ccccn2)cc1. The maximum absolute atomic E-state index is 4.32. The molecule has 0 aliphatic carbocycles. The Hall–Kier alpha value is -2.21. The molecule has 0 amide bonds. The molecule has 6 heteroatoms. The Bertz CT molecular complexity index is 694. The summed E-state index contributed by atoms with van der Waals surface area (Å²) in [5.74, 6) is 0.892. The van der Waals surface area contributed by atoms with Gasteiger partial charge in [-0.1, -0.05) is 35.5 Å². The molecule has 0 N–H and O–H groups in total. The Morgan fingerprint density at radius 2 is 1.95 bits per heavy atom. The van der Waals surface area contributed by atoms with Crippen molar-refractivity contribution in [3.63, 3.8) is 0 Å². The first kappa shape index (κ1) is 13.8. The average molecular weight is 297 g/mol. The second-order valence-electron chi connectivity index (χ2n) is 4.63. The van der Waals surface area contributed by atoms with Gasteiger partial charge in [0.05, 0.1) is 5.69 Å². The van der Waals surface area contributed by atoms with Crippen molar-refractivity contribution in [2.24, 2.45) is 0 Å². The number of pyridine rings is 1. The fraction of sp³-hybridized carbons (Fsp3) is 0.200. The highest BCUT2D eigenvalue weighted by Crippen LogP contribution is 2.19. The minimum absolute atomic E-state index is 0.801. The summed E-state index contributed by atoms with van der Waals surface area (Å²) in [6, 6.07) is 14.1. The van der Waals surface area contributed by atoms with E-state index in [0.29, 0.717) is 0 Å². The summed E-state index contributed by atoms with van der Waals surface area (Å²) in [5, 5.41) is 12.7. The Morgan fingerprint density at radius 1 is 1.10 bits per heavy atom. The van der Waals surface area contributed by atoms with E-state index in [2.05, 4.69) is 39.6 Å². The first-order valence-corrected chi connectivity index (χ1v) is 7.69. The number of hydrogen-bond acceptors (Lipinski definition) is 5. The Balaban J connectivity index is 1.67. The van der Waals surface area contributed by atoms with Gasteiger partial charge in [0, 0.05) is 17.6 Å². The van der Waals surface area contributed by atoms with E-state index in [0.717, 1.165) is 28.7 Å². The summed E-state index contributed by atoms with van der Waals surface area (Å²) in [6.07, 6.45) is 2.71. The molecular weight excluding hydrogens is 282 g/mol. The van der Waals surface area contributed by atoms with Gasteiger partial charge in [-0.2, -0.15) is 4.68 Å². The van der Waals surface area contributed by atoms with Crippen LogP contribution in [0.2, 0.25) is 0 Å². The van der Waals surface area contributed by atoms with E-state index in [-0.39, 0.29) is 0 Å². The summed E-state index contributed by atoms with van der Waals surface area (Å²) >= 11 is 1.63. The van der Waals surface area contributed by atoms with E-state index in [1.807, 2.05) is 36.5 Å². The zero-order chi connectivity index (χ0) is 14.5. The topological polar surface area (TPSA) is 56.5 Å². The van der Waals surface area contributed by atoms with Crippen LogP contribution in [-0.2, 0) is 6.42 Å². The van der Waals surface area contributed by atoms with Crippen LogP contribution in [0.5, 0.6) is 0 Å². The quantitative estimate of drug-likeness (QED) is 0.678. The van der Waals surface area contributed by atoms with E-state index < -0.39 is 0 Å². The molecule has 0 atom stereocenters. The highest BCUT2D eigenvalue weighted by molar-refractivity contribution is 7.99. The van der Waals surface area contributed by atoms with E-state index in [1.165, 1.54) is 5.56 Å². The summed E-state index contributed by atoms with van der Waals surface area (Å²) in [5.41, 5.74) is 3.28. The number of tetrazole rings is 1. The summed E-state index contributed by atoms with van der Waals surface area (Å²) < 4.78 is 1.77. The lowest BCUT2D eigenvalue weighted by atomic mass is 10.2. The minimum atomic E-state index is 0.801. The Labute approximate surface area is 127 Å².